The molecule has 0 saturated heterocycles. The van der Waals surface area contributed by atoms with E-state index in [0.717, 1.165) is 4.90 Å². The standard InChI is InChI=1S/C21H26N2O3S/c1-3-23(4-2)21(25)16-26-18-10-8-9-17(15-18)22-20(24)13-14-27-19-11-6-5-7-12-19/h5-12,15H,3-4,13-14,16H2,1-2H3,(H,22,24). The van der Waals surface area contributed by atoms with Crippen molar-refractivity contribution in [2.75, 3.05) is 30.8 Å². The highest BCUT2D eigenvalue weighted by Gasteiger charge is 2.10. The minimum absolute atomic E-state index is 0.00715. The fraction of sp³-hybridized carbons (Fsp3) is 0.333. The van der Waals surface area contributed by atoms with E-state index in [2.05, 4.69) is 5.32 Å². The van der Waals surface area contributed by atoms with Gasteiger partial charge >= 0.3 is 0 Å². The van der Waals surface area contributed by atoms with Crippen LogP contribution < -0.4 is 10.1 Å². The molecule has 0 aliphatic carbocycles. The van der Waals surface area contributed by atoms with E-state index >= 15 is 0 Å². The van der Waals surface area contributed by atoms with Gasteiger partial charge in [-0.3, -0.25) is 9.59 Å². The Balaban J connectivity index is 1.78. The maximum absolute atomic E-state index is 12.1. The molecule has 0 saturated carbocycles. The van der Waals surface area contributed by atoms with E-state index in [1.54, 1.807) is 40.9 Å². The van der Waals surface area contributed by atoms with Crippen LogP contribution in [0.5, 0.6) is 5.75 Å². The van der Waals surface area contributed by atoms with Gasteiger partial charge in [-0.2, -0.15) is 0 Å². The lowest BCUT2D eigenvalue weighted by atomic mass is 10.3. The largest absolute Gasteiger partial charge is 0.484 e. The first-order valence-corrected chi connectivity index (χ1v) is 10.1. The topological polar surface area (TPSA) is 58.6 Å². The van der Waals surface area contributed by atoms with E-state index in [0.29, 0.717) is 36.7 Å². The van der Waals surface area contributed by atoms with Crippen LogP contribution in [-0.4, -0.2) is 42.2 Å². The summed E-state index contributed by atoms with van der Waals surface area (Å²) in [5.41, 5.74) is 0.664. The summed E-state index contributed by atoms with van der Waals surface area (Å²) in [6, 6.07) is 17.1. The van der Waals surface area contributed by atoms with Crippen molar-refractivity contribution in [1.29, 1.82) is 0 Å². The average Bonchev–Trinajstić information content (AvgIpc) is 2.68. The Labute approximate surface area is 165 Å². The van der Waals surface area contributed by atoms with Crippen LogP contribution in [0.15, 0.2) is 59.5 Å². The van der Waals surface area contributed by atoms with Crippen molar-refractivity contribution in [3.8, 4) is 5.75 Å². The number of nitrogens with zero attached hydrogens (tertiary/aromatic N) is 1. The van der Waals surface area contributed by atoms with Crippen molar-refractivity contribution in [3.05, 3.63) is 54.6 Å². The summed E-state index contributed by atoms with van der Waals surface area (Å²) in [6.07, 6.45) is 0.422. The van der Waals surface area contributed by atoms with E-state index in [-0.39, 0.29) is 18.4 Å². The van der Waals surface area contributed by atoms with Gasteiger partial charge in [0.1, 0.15) is 5.75 Å². The summed E-state index contributed by atoms with van der Waals surface area (Å²) in [5, 5.41) is 2.87. The zero-order valence-electron chi connectivity index (χ0n) is 15.8. The first-order chi connectivity index (χ1) is 13.1. The Morgan fingerprint density at radius 1 is 1.04 bits per heavy atom. The molecule has 27 heavy (non-hydrogen) atoms. The van der Waals surface area contributed by atoms with Gasteiger partial charge in [0.25, 0.3) is 5.91 Å². The van der Waals surface area contributed by atoms with Gasteiger partial charge in [-0.05, 0) is 38.1 Å². The van der Waals surface area contributed by atoms with Crippen molar-refractivity contribution >= 4 is 29.3 Å². The molecule has 144 valence electrons. The highest BCUT2D eigenvalue weighted by atomic mass is 32.2. The van der Waals surface area contributed by atoms with Gasteiger partial charge < -0.3 is 15.0 Å². The number of hydrogen-bond acceptors (Lipinski definition) is 4. The minimum atomic E-state index is -0.0487. The molecule has 0 atom stereocenters. The number of nitrogens with one attached hydrogen (secondary N) is 1. The van der Waals surface area contributed by atoms with Gasteiger partial charge in [0.15, 0.2) is 6.61 Å². The molecule has 0 fully saturated rings. The molecule has 0 radical (unpaired) electrons. The van der Waals surface area contributed by atoms with Gasteiger partial charge in [-0.1, -0.05) is 24.3 Å². The van der Waals surface area contributed by atoms with E-state index < -0.39 is 0 Å². The Morgan fingerprint density at radius 2 is 1.78 bits per heavy atom. The Kier molecular flexibility index (Phi) is 8.71. The third kappa shape index (κ3) is 7.35. The monoisotopic (exact) mass is 386 g/mol. The highest BCUT2D eigenvalue weighted by Crippen LogP contribution is 2.20. The Morgan fingerprint density at radius 3 is 2.48 bits per heavy atom. The third-order valence-corrected chi connectivity index (χ3v) is 4.95. The summed E-state index contributed by atoms with van der Waals surface area (Å²) in [5.74, 6) is 1.18. The third-order valence-electron chi connectivity index (χ3n) is 3.94. The predicted molar refractivity (Wildman–Crippen MR) is 110 cm³/mol. The zero-order chi connectivity index (χ0) is 19.5. The molecule has 0 bridgehead atoms. The molecule has 0 heterocycles. The summed E-state index contributed by atoms with van der Waals surface area (Å²) in [4.78, 5) is 27.0. The molecule has 6 heteroatoms. The van der Waals surface area contributed by atoms with Crippen molar-refractivity contribution in [1.82, 2.24) is 4.90 Å². The van der Waals surface area contributed by atoms with Crippen molar-refractivity contribution in [2.24, 2.45) is 0 Å². The van der Waals surface area contributed by atoms with Gasteiger partial charge in [0.05, 0.1) is 0 Å². The van der Waals surface area contributed by atoms with Crippen LogP contribution in [0.1, 0.15) is 20.3 Å². The minimum Gasteiger partial charge on any atom is -0.484 e. The fourth-order valence-electron chi connectivity index (χ4n) is 2.48. The number of ether oxygens (including phenoxy) is 1. The lowest BCUT2D eigenvalue weighted by molar-refractivity contribution is -0.133. The number of carbonyl (C=O) groups is 2. The molecule has 0 aliphatic rings. The fourth-order valence-corrected chi connectivity index (χ4v) is 3.35. The second kappa shape index (κ2) is 11.3. The molecule has 1 N–H and O–H groups in total. The number of likely N-dealkylation sites (N-methyl/N-ethyl adjacent to an activating group) is 1. The van der Waals surface area contributed by atoms with Crippen LogP contribution in [0.25, 0.3) is 0 Å². The van der Waals surface area contributed by atoms with Crippen LogP contribution in [0, 0.1) is 0 Å². The number of anilines is 1. The maximum Gasteiger partial charge on any atom is 0.260 e. The van der Waals surface area contributed by atoms with Crippen LogP contribution in [0.2, 0.25) is 0 Å². The molecule has 2 aromatic carbocycles. The first kappa shape index (κ1) is 20.8. The SMILES string of the molecule is CCN(CC)C(=O)COc1cccc(NC(=O)CCSc2ccccc2)c1. The van der Waals surface area contributed by atoms with Gasteiger partial charge in [-0.15, -0.1) is 11.8 Å². The van der Waals surface area contributed by atoms with E-state index in [9.17, 15) is 9.59 Å². The number of rotatable bonds is 10. The number of carbonyl (C=O) groups excluding carboxylic acids is 2. The Hall–Kier alpha value is -2.47. The normalized spacial score (nSPS) is 10.3. The molecule has 0 unspecified atom stereocenters. The van der Waals surface area contributed by atoms with Crippen molar-refractivity contribution in [2.45, 2.75) is 25.2 Å². The summed E-state index contributed by atoms with van der Waals surface area (Å²) in [7, 11) is 0. The zero-order valence-corrected chi connectivity index (χ0v) is 16.6. The second-order valence-electron chi connectivity index (χ2n) is 5.84. The van der Waals surface area contributed by atoms with Gasteiger partial charge in [0.2, 0.25) is 5.91 Å². The number of benzene rings is 2. The van der Waals surface area contributed by atoms with Crippen LogP contribution >= 0.6 is 11.8 Å². The molecule has 0 aromatic heterocycles. The molecule has 0 spiro atoms. The van der Waals surface area contributed by atoms with Crippen LogP contribution in [0.3, 0.4) is 0 Å². The number of hydrogen-bond donors (Lipinski definition) is 1. The molecule has 0 aliphatic heterocycles. The van der Waals surface area contributed by atoms with Gasteiger partial charge in [0, 0.05) is 41.9 Å². The molecule has 2 rings (SSSR count). The highest BCUT2D eigenvalue weighted by molar-refractivity contribution is 7.99. The molecular weight excluding hydrogens is 360 g/mol. The van der Waals surface area contributed by atoms with Crippen LogP contribution in [0.4, 0.5) is 5.69 Å². The molecule has 2 aromatic rings. The van der Waals surface area contributed by atoms with Crippen molar-refractivity contribution in [3.63, 3.8) is 0 Å². The van der Waals surface area contributed by atoms with E-state index in [4.69, 9.17) is 4.74 Å². The predicted octanol–water partition coefficient (Wildman–Crippen LogP) is 4.05. The lowest BCUT2D eigenvalue weighted by Gasteiger charge is -2.18. The van der Waals surface area contributed by atoms with E-state index in [1.807, 2.05) is 44.2 Å². The van der Waals surface area contributed by atoms with Crippen LogP contribution in [-0.2, 0) is 9.59 Å². The van der Waals surface area contributed by atoms with Gasteiger partial charge in [-0.25, -0.2) is 0 Å². The number of amides is 2. The molecule has 2 amide bonds. The lowest BCUT2D eigenvalue weighted by Crippen LogP contribution is -2.34. The second-order valence-corrected chi connectivity index (χ2v) is 7.01. The smallest absolute Gasteiger partial charge is 0.260 e. The maximum atomic E-state index is 12.1. The molecular formula is C21H26N2O3S. The molecule has 5 nitrogen and oxygen atoms in total. The van der Waals surface area contributed by atoms with E-state index in [1.165, 1.54) is 0 Å². The summed E-state index contributed by atoms with van der Waals surface area (Å²) < 4.78 is 5.57. The average molecular weight is 387 g/mol. The summed E-state index contributed by atoms with van der Waals surface area (Å²) >= 11 is 1.65. The first-order valence-electron chi connectivity index (χ1n) is 9.10. The number of thioether (sulfide) groups is 1. The van der Waals surface area contributed by atoms with Crippen molar-refractivity contribution < 1.29 is 14.3 Å². The summed E-state index contributed by atoms with van der Waals surface area (Å²) in [6.45, 7) is 5.19. The quantitative estimate of drug-likeness (QED) is 0.626. The Bertz CT molecular complexity index is 733.